The van der Waals surface area contributed by atoms with Crippen LogP contribution in [0.2, 0.25) is 0 Å². The molecular weight excluding hydrogens is 390 g/mol. The van der Waals surface area contributed by atoms with Gasteiger partial charge in [-0.05, 0) is 41.6 Å². The smallest absolute Gasteiger partial charge is 0.293 e. The quantitative estimate of drug-likeness (QED) is 0.694. The molecule has 1 aliphatic rings. The van der Waals surface area contributed by atoms with Crippen molar-refractivity contribution in [3.8, 4) is 5.75 Å². The highest BCUT2D eigenvalue weighted by Gasteiger charge is 2.31. The van der Waals surface area contributed by atoms with Gasteiger partial charge in [-0.25, -0.2) is 0 Å². The minimum Gasteiger partial charge on any atom is -0.488 e. The molecule has 0 radical (unpaired) electrons. The number of likely N-dealkylation sites (N-methyl/N-ethyl adjacent to an activating group) is 1. The van der Waals surface area contributed by atoms with Crippen LogP contribution in [0.1, 0.15) is 11.1 Å². The van der Waals surface area contributed by atoms with Crippen molar-refractivity contribution in [2.45, 2.75) is 6.61 Å². The lowest BCUT2D eigenvalue weighted by Gasteiger charge is -2.10. The first-order valence-corrected chi connectivity index (χ1v) is 8.83. The molecule has 0 N–H and O–H groups in total. The van der Waals surface area contributed by atoms with Gasteiger partial charge < -0.3 is 4.74 Å². The largest absolute Gasteiger partial charge is 0.488 e. The zero-order valence-electron chi connectivity index (χ0n) is 12.9. The van der Waals surface area contributed by atoms with Crippen molar-refractivity contribution < 1.29 is 14.3 Å². The number of amides is 2. The third-order valence-electron chi connectivity index (χ3n) is 3.50. The molecular formula is C18H14BrNO3S. The first-order chi connectivity index (χ1) is 11.5. The van der Waals surface area contributed by atoms with Gasteiger partial charge in [-0.15, -0.1) is 0 Å². The number of carbonyl (C=O) groups excluding carboxylic acids is 2. The lowest BCUT2D eigenvalue weighted by atomic mass is 10.2. The van der Waals surface area contributed by atoms with E-state index in [-0.39, 0.29) is 11.1 Å². The van der Waals surface area contributed by atoms with Crippen LogP contribution in [0.15, 0.2) is 57.9 Å². The lowest BCUT2D eigenvalue weighted by Crippen LogP contribution is -2.22. The Morgan fingerprint density at radius 2 is 1.83 bits per heavy atom. The van der Waals surface area contributed by atoms with Crippen LogP contribution in [-0.2, 0) is 11.4 Å². The number of imide groups is 1. The number of hydrogen-bond acceptors (Lipinski definition) is 4. The summed E-state index contributed by atoms with van der Waals surface area (Å²) in [7, 11) is 1.48. The van der Waals surface area contributed by atoms with E-state index in [9.17, 15) is 9.59 Å². The van der Waals surface area contributed by atoms with Gasteiger partial charge in [0.05, 0.1) is 4.91 Å². The van der Waals surface area contributed by atoms with Gasteiger partial charge in [0.2, 0.25) is 0 Å². The molecule has 3 rings (SSSR count). The Kier molecular flexibility index (Phi) is 5.06. The van der Waals surface area contributed by atoms with Gasteiger partial charge in [0.1, 0.15) is 12.4 Å². The Balaban J connectivity index is 1.79. The fourth-order valence-corrected chi connectivity index (χ4v) is 3.24. The van der Waals surface area contributed by atoms with E-state index in [4.69, 9.17) is 4.74 Å². The summed E-state index contributed by atoms with van der Waals surface area (Å²) >= 11 is 4.34. The average molecular weight is 404 g/mol. The Morgan fingerprint density at radius 1 is 1.12 bits per heavy atom. The molecule has 0 aromatic heterocycles. The van der Waals surface area contributed by atoms with E-state index in [1.54, 1.807) is 6.08 Å². The second-order valence-corrected chi connectivity index (χ2v) is 7.10. The highest BCUT2D eigenvalue weighted by Crippen LogP contribution is 2.33. The summed E-state index contributed by atoms with van der Waals surface area (Å²) in [6.07, 6.45) is 1.70. The van der Waals surface area contributed by atoms with Crippen LogP contribution >= 0.6 is 27.7 Å². The summed E-state index contributed by atoms with van der Waals surface area (Å²) in [5.41, 5.74) is 1.82. The van der Waals surface area contributed by atoms with Crippen LogP contribution in [0.3, 0.4) is 0 Å². The molecule has 4 nitrogen and oxygen atoms in total. The molecule has 0 saturated carbocycles. The number of para-hydroxylation sites is 1. The molecule has 0 unspecified atom stereocenters. The van der Waals surface area contributed by atoms with Crippen LogP contribution in [0.25, 0.3) is 6.08 Å². The second-order valence-electron chi connectivity index (χ2n) is 5.19. The summed E-state index contributed by atoms with van der Waals surface area (Å²) in [5.74, 6) is 0.385. The van der Waals surface area contributed by atoms with E-state index in [1.807, 2.05) is 48.5 Å². The van der Waals surface area contributed by atoms with Gasteiger partial charge in [0, 0.05) is 17.1 Å². The third-order valence-corrected chi connectivity index (χ3v) is 4.99. The molecule has 1 saturated heterocycles. The molecule has 2 aromatic rings. The maximum atomic E-state index is 12.0. The SMILES string of the molecule is CN1C(=O)S/C(=C/c2ccccc2OCc2ccc(Br)cc2)C1=O. The normalized spacial score (nSPS) is 16.1. The molecule has 1 aliphatic heterocycles. The zero-order chi connectivity index (χ0) is 17.1. The average Bonchev–Trinajstić information content (AvgIpc) is 2.82. The van der Waals surface area contributed by atoms with Crippen LogP contribution in [0, 0.1) is 0 Å². The van der Waals surface area contributed by atoms with Crippen molar-refractivity contribution >= 4 is 44.9 Å². The summed E-state index contributed by atoms with van der Waals surface area (Å²) in [4.78, 5) is 25.1. The molecule has 122 valence electrons. The van der Waals surface area contributed by atoms with Crippen LogP contribution in [0.4, 0.5) is 4.79 Å². The van der Waals surface area contributed by atoms with E-state index >= 15 is 0 Å². The van der Waals surface area contributed by atoms with Gasteiger partial charge in [-0.2, -0.15) is 0 Å². The number of benzene rings is 2. The van der Waals surface area contributed by atoms with Crippen molar-refractivity contribution in [1.29, 1.82) is 0 Å². The minimum atomic E-state index is -0.285. The highest BCUT2D eigenvalue weighted by molar-refractivity contribution is 9.10. The van der Waals surface area contributed by atoms with Gasteiger partial charge in [-0.3, -0.25) is 14.5 Å². The number of nitrogens with zero attached hydrogens (tertiary/aromatic N) is 1. The Morgan fingerprint density at radius 3 is 2.50 bits per heavy atom. The summed E-state index contributed by atoms with van der Waals surface area (Å²) < 4.78 is 6.90. The third kappa shape index (κ3) is 3.71. The minimum absolute atomic E-state index is 0.264. The first kappa shape index (κ1) is 16.8. The first-order valence-electron chi connectivity index (χ1n) is 7.22. The predicted octanol–water partition coefficient (Wildman–Crippen LogP) is 4.69. The summed E-state index contributed by atoms with van der Waals surface area (Å²) in [6, 6.07) is 15.3. The lowest BCUT2D eigenvalue weighted by molar-refractivity contribution is -0.121. The molecule has 1 fully saturated rings. The highest BCUT2D eigenvalue weighted by atomic mass is 79.9. The number of rotatable bonds is 4. The Labute approximate surface area is 152 Å². The van der Waals surface area contributed by atoms with Crippen molar-refractivity contribution in [3.63, 3.8) is 0 Å². The maximum absolute atomic E-state index is 12.0. The maximum Gasteiger partial charge on any atom is 0.293 e. The van der Waals surface area contributed by atoms with Crippen molar-refractivity contribution in [1.82, 2.24) is 4.90 Å². The predicted molar refractivity (Wildman–Crippen MR) is 98.7 cm³/mol. The van der Waals surface area contributed by atoms with E-state index in [0.717, 1.165) is 32.3 Å². The number of carbonyl (C=O) groups is 2. The summed E-state index contributed by atoms with van der Waals surface area (Å²) in [5, 5.41) is -0.264. The van der Waals surface area contributed by atoms with Gasteiger partial charge >= 0.3 is 0 Å². The fourth-order valence-electron chi connectivity index (χ4n) is 2.16. The van der Waals surface area contributed by atoms with Crippen molar-refractivity contribution in [2.24, 2.45) is 0 Å². The molecule has 0 aliphatic carbocycles. The second kappa shape index (κ2) is 7.23. The standard InChI is InChI=1S/C18H14BrNO3S/c1-20-17(21)16(24-18(20)22)10-13-4-2-3-5-15(13)23-11-12-6-8-14(19)9-7-12/h2-10H,11H2,1H3/b16-10+. The van der Waals surface area contributed by atoms with E-state index < -0.39 is 0 Å². The van der Waals surface area contributed by atoms with Crippen LogP contribution < -0.4 is 4.74 Å². The van der Waals surface area contributed by atoms with Crippen LogP contribution in [0.5, 0.6) is 5.75 Å². The zero-order valence-corrected chi connectivity index (χ0v) is 15.3. The molecule has 1 heterocycles. The van der Waals surface area contributed by atoms with E-state index in [2.05, 4.69) is 15.9 Å². The Hall–Kier alpha value is -2.05. The molecule has 24 heavy (non-hydrogen) atoms. The van der Waals surface area contributed by atoms with Gasteiger partial charge in [-0.1, -0.05) is 46.3 Å². The van der Waals surface area contributed by atoms with Gasteiger partial charge in [0.15, 0.2) is 0 Å². The molecule has 0 spiro atoms. The Bertz CT molecular complexity index is 817. The van der Waals surface area contributed by atoms with E-state index in [1.165, 1.54) is 7.05 Å². The number of hydrogen-bond donors (Lipinski definition) is 0. The van der Waals surface area contributed by atoms with Gasteiger partial charge in [0.25, 0.3) is 11.1 Å². The number of ether oxygens (including phenoxy) is 1. The molecule has 6 heteroatoms. The van der Waals surface area contributed by atoms with Crippen molar-refractivity contribution in [2.75, 3.05) is 7.05 Å². The fraction of sp³-hybridized carbons (Fsp3) is 0.111. The molecule has 2 aromatic carbocycles. The van der Waals surface area contributed by atoms with Crippen LogP contribution in [-0.4, -0.2) is 23.1 Å². The summed E-state index contributed by atoms with van der Waals surface area (Å²) in [6.45, 7) is 0.424. The van der Waals surface area contributed by atoms with Crippen molar-refractivity contribution in [3.05, 3.63) is 69.0 Å². The number of thioether (sulfide) groups is 1. The monoisotopic (exact) mass is 403 g/mol. The molecule has 0 atom stereocenters. The number of halogens is 1. The molecule has 2 amide bonds. The van der Waals surface area contributed by atoms with E-state index in [0.29, 0.717) is 17.3 Å². The molecule has 0 bridgehead atoms. The topological polar surface area (TPSA) is 46.6 Å².